The molecule has 0 saturated carbocycles. The minimum Gasteiger partial charge on any atom is -0.496 e. The molecular weight excluding hydrogens is 388 g/mol. The number of esters is 1. The summed E-state index contributed by atoms with van der Waals surface area (Å²) >= 11 is 0. The van der Waals surface area contributed by atoms with Crippen LogP contribution in [0.5, 0.6) is 11.5 Å². The van der Waals surface area contributed by atoms with E-state index in [-0.39, 0.29) is 17.3 Å². The third-order valence-electron chi connectivity index (χ3n) is 4.93. The molecule has 0 aromatic heterocycles. The molecule has 3 rings (SSSR count). The molecule has 0 unspecified atom stereocenters. The molecule has 1 saturated heterocycles. The Bertz CT molecular complexity index is 949. The standard InChI is InChI=1S/C22H22N2O6/c1-29-18-8-9-20(19(15-18)24(27)28)30-22(26)17-11-13-23(14-12-17)21(25)10-7-16-5-3-2-4-6-16/h2-10,15,17H,11-14H2,1H3/b10-7+. The number of carbonyl (C=O) groups excluding carboxylic acids is 2. The minimum absolute atomic E-state index is 0.114. The lowest BCUT2D eigenvalue weighted by Gasteiger charge is -2.30. The second kappa shape index (κ2) is 9.69. The highest BCUT2D eigenvalue weighted by molar-refractivity contribution is 5.92. The molecule has 2 aromatic rings. The second-order valence-corrected chi connectivity index (χ2v) is 6.86. The van der Waals surface area contributed by atoms with Crippen molar-refractivity contribution in [2.75, 3.05) is 20.2 Å². The van der Waals surface area contributed by atoms with E-state index in [2.05, 4.69) is 0 Å². The van der Waals surface area contributed by atoms with Gasteiger partial charge in [-0.3, -0.25) is 19.7 Å². The van der Waals surface area contributed by atoms with Gasteiger partial charge in [0.15, 0.2) is 0 Å². The molecule has 0 aliphatic carbocycles. The van der Waals surface area contributed by atoms with E-state index >= 15 is 0 Å². The number of ether oxygens (including phenoxy) is 2. The highest BCUT2D eigenvalue weighted by Gasteiger charge is 2.29. The topological polar surface area (TPSA) is 99.0 Å². The molecule has 1 aliphatic rings. The van der Waals surface area contributed by atoms with E-state index in [9.17, 15) is 19.7 Å². The molecule has 1 fully saturated rings. The van der Waals surface area contributed by atoms with Crippen LogP contribution in [0.2, 0.25) is 0 Å². The Morgan fingerprint density at radius 2 is 1.83 bits per heavy atom. The van der Waals surface area contributed by atoms with E-state index < -0.39 is 16.8 Å². The normalized spacial score (nSPS) is 14.5. The quantitative estimate of drug-likeness (QED) is 0.238. The van der Waals surface area contributed by atoms with Crippen molar-refractivity contribution in [1.82, 2.24) is 4.90 Å². The molecule has 2 aromatic carbocycles. The molecule has 0 N–H and O–H groups in total. The number of piperidine rings is 1. The maximum atomic E-state index is 12.5. The molecule has 1 aliphatic heterocycles. The van der Waals surface area contributed by atoms with E-state index in [4.69, 9.17) is 9.47 Å². The Balaban J connectivity index is 1.56. The monoisotopic (exact) mass is 410 g/mol. The van der Waals surface area contributed by atoms with Crippen LogP contribution >= 0.6 is 0 Å². The number of methoxy groups -OCH3 is 1. The van der Waals surface area contributed by atoms with Crippen LogP contribution in [0.25, 0.3) is 6.08 Å². The number of rotatable bonds is 6. The van der Waals surface area contributed by atoms with E-state index in [0.717, 1.165) is 5.56 Å². The third kappa shape index (κ3) is 5.22. The van der Waals surface area contributed by atoms with E-state index in [1.54, 1.807) is 11.0 Å². The molecule has 0 spiro atoms. The van der Waals surface area contributed by atoms with Crippen molar-refractivity contribution >= 4 is 23.6 Å². The van der Waals surface area contributed by atoms with Crippen LogP contribution in [0.4, 0.5) is 5.69 Å². The Morgan fingerprint density at radius 3 is 2.47 bits per heavy atom. The number of hydrogen-bond acceptors (Lipinski definition) is 6. The molecule has 8 heteroatoms. The Labute approximate surface area is 173 Å². The summed E-state index contributed by atoms with van der Waals surface area (Å²) in [5, 5.41) is 11.2. The van der Waals surface area contributed by atoms with Crippen molar-refractivity contribution < 1.29 is 24.0 Å². The van der Waals surface area contributed by atoms with Gasteiger partial charge in [0.05, 0.1) is 24.0 Å². The fourth-order valence-electron chi connectivity index (χ4n) is 3.22. The first-order chi connectivity index (χ1) is 14.5. The summed E-state index contributed by atoms with van der Waals surface area (Å²) in [5.41, 5.74) is 0.603. The molecule has 0 bridgehead atoms. The summed E-state index contributed by atoms with van der Waals surface area (Å²) in [5.74, 6) is -0.882. The molecule has 8 nitrogen and oxygen atoms in total. The molecule has 0 atom stereocenters. The predicted octanol–water partition coefficient (Wildman–Crippen LogP) is 3.46. The van der Waals surface area contributed by atoms with Crippen molar-refractivity contribution in [3.05, 3.63) is 70.3 Å². The summed E-state index contributed by atoms with van der Waals surface area (Å²) in [7, 11) is 1.40. The molecular formula is C22H22N2O6. The van der Waals surface area contributed by atoms with Crippen LogP contribution in [-0.2, 0) is 9.59 Å². The molecule has 30 heavy (non-hydrogen) atoms. The van der Waals surface area contributed by atoms with Gasteiger partial charge in [-0.05, 0) is 36.6 Å². The van der Waals surface area contributed by atoms with Gasteiger partial charge in [0.2, 0.25) is 11.7 Å². The highest BCUT2D eigenvalue weighted by atomic mass is 16.6. The van der Waals surface area contributed by atoms with Crippen molar-refractivity contribution in [1.29, 1.82) is 0 Å². The van der Waals surface area contributed by atoms with Gasteiger partial charge in [-0.2, -0.15) is 0 Å². The average Bonchev–Trinajstić information content (AvgIpc) is 2.78. The molecule has 1 heterocycles. The first-order valence-electron chi connectivity index (χ1n) is 9.54. The fourth-order valence-corrected chi connectivity index (χ4v) is 3.22. The smallest absolute Gasteiger partial charge is 0.315 e. The lowest BCUT2D eigenvalue weighted by Crippen LogP contribution is -2.40. The van der Waals surface area contributed by atoms with Gasteiger partial charge < -0.3 is 14.4 Å². The number of amides is 1. The Morgan fingerprint density at radius 1 is 1.13 bits per heavy atom. The van der Waals surface area contributed by atoms with Crippen LogP contribution in [0.1, 0.15) is 18.4 Å². The number of carbonyl (C=O) groups is 2. The maximum absolute atomic E-state index is 12.5. The summed E-state index contributed by atoms with van der Waals surface area (Å²) in [6, 6.07) is 13.6. The molecule has 156 valence electrons. The van der Waals surface area contributed by atoms with Gasteiger partial charge >= 0.3 is 11.7 Å². The van der Waals surface area contributed by atoms with Crippen LogP contribution in [0.3, 0.4) is 0 Å². The van der Waals surface area contributed by atoms with Gasteiger partial charge in [0.25, 0.3) is 0 Å². The Kier molecular flexibility index (Phi) is 6.79. The number of nitro benzene ring substituents is 1. The highest BCUT2D eigenvalue weighted by Crippen LogP contribution is 2.32. The SMILES string of the molecule is COc1ccc(OC(=O)C2CCN(C(=O)/C=C/c3ccccc3)CC2)c([N+](=O)[O-])c1. The summed E-state index contributed by atoms with van der Waals surface area (Å²) in [6.07, 6.45) is 4.15. The van der Waals surface area contributed by atoms with Crippen molar-refractivity contribution in [3.8, 4) is 11.5 Å². The first kappa shape index (κ1) is 21.0. The van der Waals surface area contributed by atoms with E-state index in [0.29, 0.717) is 31.7 Å². The summed E-state index contributed by atoms with van der Waals surface area (Å²) < 4.78 is 10.3. The van der Waals surface area contributed by atoms with Crippen LogP contribution in [0, 0.1) is 16.0 Å². The van der Waals surface area contributed by atoms with Crippen LogP contribution in [0.15, 0.2) is 54.6 Å². The van der Waals surface area contributed by atoms with Crippen molar-refractivity contribution in [2.45, 2.75) is 12.8 Å². The van der Waals surface area contributed by atoms with Crippen LogP contribution in [-0.4, -0.2) is 41.9 Å². The molecule has 0 radical (unpaired) electrons. The van der Waals surface area contributed by atoms with Gasteiger partial charge in [-0.15, -0.1) is 0 Å². The van der Waals surface area contributed by atoms with Gasteiger partial charge in [-0.1, -0.05) is 30.3 Å². The number of likely N-dealkylation sites (tertiary alicyclic amines) is 1. The van der Waals surface area contributed by atoms with Crippen molar-refractivity contribution in [2.24, 2.45) is 5.92 Å². The number of benzene rings is 2. The number of hydrogen-bond donors (Lipinski definition) is 0. The largest absolute Gasteiger partial charge is 0.496 e. The fraction of sp³-hybridized carbons (Fsp3) is 0.273. The lowest BCUT2D eigenvalue weighted by molar-refractivity contribution is -0.385. The molecule has 1 amide bonds. The van der Waals surface area contributed by atoms with Crippen molar-refractivity contribution in [3.63, 3.8) is 0 Å². The van der Waals surface area contributed by atoms with Crippen LogP contribution < -0.4 is 9.47 Å². The van der Waals surface area contributed by atoms with Gasteiger partial charge in [0, 0.05) is 19.2 Å². The second-order valence-electron chi connectivity index (χ2n) is 6.86. The zero-order valence-corrected chi connectivity index (χ0v) is 16.5. The summed E-state index contributed by atoms with van der Waals surface area (Å²) in [6.45, 7) is 0.838. The van der Waals surface area contributed by atoms with Gasteiger partial charge in [-0.25, -0.2) is 0 Å². The third-order valence-corrected chi connectivity index (χ3v) is 4.93. The number of nitro groups is 1. The predicted molar refractivity (Wildman–Crippen MR) is 110 cm³/mol. The zero-order chi connectivity index (χ0) is 21.5. The first-order valence-corrected chi connectivity index (χ1v) is 9.54. The Hall–Kier alpha value is -3.68. The zero-order valence-electron chi connectivity index (χ0n) is 16.5. The average molecular weight is 410 g/mol. The summed E-state index contributed by atoms with van der Waals surface area (Å²) in [4.78, 5) is 37.1. The van der Waals surface area contributed by atoms with Gasteiger partial charge in [0.1, 0.15) is 5.75 Å². The minimum atomic E-state index is -0.620. The van der Waals surface area contributed by atoms with E-state index in [1.807, 2.05) is 30.3 Å². The maximum Gasteiger partial charge on any atom is 0.315 e. The lowest BCUT2D eigenvalue weighted by atomic mass is 9.97. The number of nitrogens with zero attached hydrogens (tertiary/aromatic N) is 2. The van der Waals surface area contributed by atoms with E-state index in [1.165, 1.54) is 31.4 Å².